The average molecular weight is 403 g/mol. The van der Waals surface area contributed by atoms with Crippen LogP contribution in [0.25, 0.3) is 0 Å². The third-order valence-corrected chi connectivity index (χ3v) is 5.79. The molecule has 1 fully saturated rings. The fraction of sp³-hybridized carbons (Fsp3) is 0.652. The van der Waals surface area contributed by atoms with Crippen molar-refractivity contribution in [3.05, 3.63) is 35.9 Å². The van der Waals surface area contributed by atoms with E-state index in [4.69, 9.17) is 4.74 Å². The maximum atomic E-state index is 11.9. The molecule has 0 heterocycles. The number of rotatable bonds is 9. The van der Waals surface area contributed by atoms with Gasteiger partial charge in [-0.3, -0.25) is 14.7 Å². The van der Waals surface area contributed by atoms with E-state index >= 15 is 0 Å². The zero-order valence-electron chi connectivity index (χ0n) is 18.5. The molecule has 2 N–H and O–H groups in total. The summed E-state index contributed by atoms with van der Waals surface area (Å²) in [6, 6.07) is 11.4. The number of nitrogens with one attached hydrogen (secondary N) is 2. The third-order valence-electron chi connectivity index (χ3n) is 5.79. The summed E-state index contributed by atoms with van der Waals surface area (Å²) in [6.45, 7) is 6.42. The van der Waals surface area contributed by atoms with Gasteiger partial charge in [0.1, 0.15) is 0 Å². The van der Waals surface area contributed by atoms with Crippen LogP contribution in [0.4, 0.5) is 0 Å². The Balaban J connectivity index is 1.67. The molecule has 0 aliphatic heterocycles. The van der Waals surface area contributed by atoms with E-state index in [1.807, 2.05) is 14.0 Å². The van der Waals surface area contributed by atoms with Gasteiger partial charge in [0.2, 0.25) is 0 Å². The first-order valence-electron chi connectivity index (χ1n) is 10.9. The Morgan fingerprint density at radius 1 is 1.24 bits per heavy atom. The molecular weight excluding hydrogens is 364 g/mol. The number of nitrogens with zero attached hydrogens (tertiary/aromatic N) is 2. The molecule has 29 heavy (non-hydrogen) atoms. The van der Waals surface area contributed by atoms with E-state index in [-0.39, 0.29) is 11.9 Å². The van der Waals surface area contributed by atoms with Crippen LogP contribution in [0.2, 0.25) is 0 Å². The highest BCUT2D eigenvalue weighted by Crippen LogP contribution is 2.25. The number of aliphatic imine (C=N–C) groups is 1. The SMILES string of the molecule is CCOC(=O)C1CCC(NC(=NC)NCCC(C)N(C)Cc2ccccc2)CC1. The third kappa shape index (κ3) is 8.05. The molecule has 0 saturated heterocycles. The van der Waals surface area contributed by atoms with Crippen molar-refractivity contribution in [1.82, 2.24) is 15.5 Å². The second-order valence-electron chi connectivity index (χ2n) is 7.98. The van der Waals surface area contributed by atoms with Crippen LogP contribution in [0.15, 0.2) is 35.3 Å². The number of benzene rings is 1. The number of ether oxygens (including phenoxy) is 1. The monoisotopic (exact) mass is 402 g/mol. The molecule has 1 aliphatic carbocycles. The van der Waals surface area contributed by atoms with Crippen molar-refractivity contribution in [1.29, 1.82) is 0 Å². The van der Waals surface area contributed by atoms with Gasteiger partial charge in [0.15, 0.2) is 5.96 Å². The first kappa shape index (κ1) is 23.2. The predicted molar refractivity (Wildman–Crippen MR) is 119 cm³/mol. The van der Waals surface area contributed by atoms with Crippen molar-refractivity contribution in [2.75, 3.05) is 27.2 Å². The topological polar surface area (TPSA) is 66.0 Å². The minimum absolute atomic E-state index is 0.0398. The number of hydrogen-bond acceptors (Lipinski definition) is 4. The molecule has 0 amide bonds. The molecule has 6 nitrogen and oxygen atoms in total. The molecule has 0 aromatic heterocycles. The Morgan fingerprint density at radius 2 is 1.93 bits per heavy atom. The molecule has 0 spiro atoms. The van der Waals surface area contributed by atoms with E-state index in [9.17, 15) is 4.79 Å². The largest absolute Gasteiger partial charge is 0.466 e. The molecule has 162 valence electrons. The van der Waals surface area contributed by atoms with Crippen LogP contribution in [0, 0.1) is 5.92 Å². The van der Waals surface area contributed by atoms with Crippen LogP contribution in [0.1, 0.15) is 51.5 Å². The van der Waals surface area contributed by atoms with Crippen molar-refractivity contribution in [2.45, 2.75) is 64.6 Å². The normalized spacial score (nSPS) is 20.9. The van der Waals surface area contributed by atoms with Gasteiger partial charge < -0.3 is 15.4 Å². The quantitative estimate of drug-likeness (QED) is 0.377. The van der Waals surface area contributed by atoms with Crippen LogP contribution < -0.4 is 10.6 Å². The molecule has 0 bridgehead atoms. The molecule has 1 aliphatic rings. The van der Waals surface area contributed by atoms with E-state index in [0.29, 0.717) is 18.7 Å². The number of guanidine groups is 1. The number of carbonyl (C=O) groups excluding carboxylic acids is 1. The van der Waals surface area contributed by atoms with Gasteiger partial charge in [0.25, 0.3) is 0 Å². The molecule has 6 heteroatoms. The van der Waals surface area contributed by atoms with Gasteiger partial charge in [0.05, 0.1) is 12.5 Å². The summed E-state index contributed by atoms with van der Waals surface area (Å²) in [4.78, 5) is 18.6. The van der Waals surface area contributed by atoms with Crippen LogP contribution in [0.5, 0.6) is 0 Å². The molecule has 1 atom stereocenters. The standard InChI is InChI=1S/C23H38N4O2/c1-5-29-22(28)20-11-13-21(14-12-20)26-23(24-3)25-16-15-18(2)27(4)17-19-9-7-6-8-10-19/h6-10,18,20-21H,5,11-17H2,1-4H3,(H2,24,25,26). The predicted octanol–water partition coefficient (Wildman–Crippen LogP) is 3.18. The zero-order chi connectivity index (χ0) is 21.1. The van der Waals surface area contributed by atoms with Crippen molar-refractivity contribution in [3.63, 3.8) is 0 Å². The second kappa shape index (κ2) is 12.5. The van der Waals surface area contributed by atoms with Gasteiger partial charge in [-0.1, -0.05) is 30.3 Å². The van der Waals surface area contributed by atoms with E-state index < -0.39 is 0 Å². The Bertz CT molecular complexity index is 627. The van der Waals surface area contributed by atoms with Gasteiger partial charge in [-0.05, 0) is 58.6 Å². The van der Waals surface area contributed by atoms with E-state index in [2.05, 4.69) is 64.8 Å². The summed E-state index contributed by atoms with van der Waals surface area (Å²) in [6.07, 6.45) is 4.75. The number of esters is 1. The Labute approximate surface area is 176 Å². The van der Waals surface area contributed by atoms with E-state index in [1.54, 1.807) is 0 Å². The van der Waals surface area contributed by atoms with Gasteiger partial charge in [-0.2, -0.15) is 0 Å². The fourth-order valence-electron chi connectivity index (χ4n) is 3.77. The van der Waals surface area contributed by atoms with Crippen molar-refractivity contribution >= 4 is 11.9 Å². The van der Waals surface area contributed by atoms with Gasteiger partial charge in [-0.25, -0.2) is 0 Å². The minimum atomic E-state index is -0.0398. The molecular formula is C23H38N4O2. The Morgan fingerprint density at radius 3 is 2.55 bits per heavy atom. The van der Waals surface area contributed by atoms with Gasteiger partial charge in [0, 0.05) is 32.2 Å². The molecule has 1 saturated carbocycles. The number of carbonyl (C=O) groups is 1. The number of hydrogen-bond donors (Lipinski definition) is 2. The van der Waals surface area contributed by atoms with Crippen LogP contribution in [0.3, 0.4) is 0 Å². The fourth-order valence-corrected chi connectivity index (χ4v) is 3.77. The van der Waals surface area contributed by atoms with Crippen LogP contribution in [-0.2, 0) is 16.1 Å². The second-order valence-corrected chi connectivity index (χ2v) is 7.98. The van der Waals surface area contributed by atoms with E-state index in [0.717, 1.165) is 51.2 Å². The van der Waals surface area contributed by atoms with Gasteiger partial charge in [-0.15, -0.1) is 0 Å². The average Bonchev–Trinajstić information content (AvgIpc) is 2.74. The summed E-state index contributed by atoms with van der Waals surface area (Å²) in [5.41, 5.74) is 1.34. The van der Waals surface area contributed by atoms with Crippen molar-refractivity contribution < 1.29 is 9.53 Å². The summed E-state index contributed by atoms with van der Waals surface area (Å²) in [5.74, 6) is 0.869. The highest BCUT2D eigenvalue weighted by molar-refractivity contribution is 5.80. The highest BCUT2D eigenvalue weighted by atomic mass is 16.5. The highest BCUT2D eigenvalue weighted by Gasteiger charge is 2.27. The maximum Gasteiger partial charge on any atom is 0.308 e. The summed E-state index contributed by atoms with van der Waals surface area (Å²) in [5, 5.41) is 6.95. The van der Waals surface area contributed by atoms with Crippen molar-refractivity contribution in [2.24, 2.45) is 10.9 Å². The molecule has 1 aromatic rings. The summed E-state index contributed by atoms with van der Waals surface area (Å²) < 4.78 is 5.15. The smallest absolute Gasteiger partial charge is 0.308 e. The lowest BCUT2D eigenvalue weighted by atomic mass is 9.86. The summed E-state index contributed by atoms with van der Waals surface area (Å²) >= 11 is 0. The first-order valence-corrected chi connectivity index (χ1v) is 10.9. The van der Waals surface area contributed by atoms with Crippen LogP contribution in [-0.4, -0.2) is 56.2 Å². The zero-order valence-corrected chi connectivity index (χ0v) is 18.5. The van der Waals surface area contributed by atoms with Crippen LogP contribution >= 0.6 is 0 Å². The summed E-state index contributed by atoms with van der Waals surface area (Å²) in [7, 11) is 3.98. The van der Waals surface area contributed by atoms with Gasteiger partial charge >= 0.3 is 5.97 Å². The Kier molecular flexibility index (Phi) is 9.98. The molecule has 2 rings (SSSR count). The van der Waals surface area contributed by atoms with E-state index in [1.165, 1.54) is 5.56 Å². The Hall–Kier alpha value is -2.08. The molecule has 1 aromatic carbocycles. The minimum Gasteiger partial charge on any atom is -0.466 e. The lowest BCUT2D eigenvalue weighted by Gasteiger charge is -2.29. The van der Waals surface area contributed by atoms with Crippen molar-refractivity contribution in [3.8, 4) is 0 Å². The lowest BCUT2D eigenvalue weighted by molar-refractivity contribution is -0.149. The molecule has 1 unspecified atom stereocenters. The molecule has 0 radical (unpaired) electrons. The lowest BCUT2D eigenvalue weighted by Crippen LogP contribution is -2.46. The first-order chi connectivity index (χ1) is 14.0. The maximum absolute atomic E-state index is 11.9.